The van der Waals surface area contributed by atoms with Crippen LogP contribution in [0.3, 0.4) is 0 Å². The summed E-state index contributed by atoms with van der Waals surface area (Å²) in [7, 11) is 0. The predicted molar refractivity (Wildman–Crippen MR) is 66.3 cm³/mol. The first-order valence-corrected chi connectivity index (χ1v) is 5.70. The van der Waals surface area contributed by atoms with Gasteiger partial charge in [0.1, 0.15) is 18.3 Å². The fourth-order valence-corrected chi connectivity index (χ4v) is 1.55. The zero-order chi connectivity index (χ0) is 13.1. The number of carbonyl (C=O) groups is 1. The smallest absolute Gasteiger partial charge is 0.246 e. The number of hydrogen-bond donors (Lipinski definition) is 0. The van der Waals surface area contributed by atoms with E-state index in [9.17, 15) is 4.79 Å². The predicted octanol–water partition coefficient (Wildman–Crippen LogP) is 2.91. The highest BCUT2D eigenvalue weighted by molar-refractivity contribution is 5.87. The van der Waals surface area contributed by atoms with Crippen LogP contribution in [0, 0.1) is 17.2 Å². The van der Waals surface area contributed by atoms with Gasteiger partial charge in [0.15, 0.2) is 11.5 Å². The number of nitrogens with zero attached hydrogens (tertiary/aromatic N) is 1. The third kappa shape index (κ3) is 2.21. The summed E-state index contributed by atoms with van der Waals surface area (Å²) in [5, 5.41) is 9.70. The molecule has 0 saturated heterocycles. The molecule has 0 aliphatic carbocycles. The first-order valence-electron chi connectivity index (χ1n) is 5.70. The first-order chi connectivity index (χ1) is 8.63. The number of furan rings is 1. The van der Waals surface area contributed by atoms with E-state index in [-0.39, 0.29) is 24.1 Å². The molecular weight excluding hydrogens is 230 g/mol. The molecule has 4 nitrogen and oxygen atoms in total. The Labute approximate surface area is 105 Å². The molecule has 0 spiro atoms. The van der Waals surface area contributed by atoms with Crippen molar-refractivity contribution in [2.45, 2.75) is 13.8 Å². The van der Waals surface area contributed by atoms with Gasteiger partial charge in [-0.05, 0) is 12.1 Å². The van der Waals surface area contributed by atoms with Crippen molar-refractivity contribution in [2.75, 3.05) is 6.61 Å². The Hall–Kier alpha value is -2.28. The molecule has 0 atom stereocenters. The van der Waals surface area contributed by atoms with Crippen molar-refractivity contribution < 1.29 is 13.9 Å². The molecule has 0 saturated carbocycles. The summed E-state index contributed by atoms with van der Waals surface area (Å²) in [5.41, 5.74) is 0.584. The van der Waals surface area contributed by atoms with Gasteiger partial charge in [0.2, 0.25) is 5.76 Å². The number of ether oxygens (including phenoxy) is 1. The van der Waals surface area contributed by atoms with E-state index in [1.165, 1.54) is 0 Å². The van der Waals surface area contributed by atoms with E-state index in [4.69, 9.17) is 14.4 Å². The minimum atomic E-state index is -0.0892. The van der Waals surface area contributed by atoms with Crippen LogP contribution in [0.2, 0.25) is 0 Å². The van der Waals surface area contributed by atoms with Crippen molar-refractivity contribution in [1.29, 1.82) is 5.26 Å². The van der Waals surface area contributed by atoms with E-state index in [1.807, 2.05) is 32.0 Å². The second-order valence-corrected chi connectivity index (χ2v) is 4.28. The molecule has 0 radical (unpaired) electrons. The molecule has 2 rings (SSSR count). The number of nitriles is 1. The fraction of sp³-hybridized carbons (Fsp3) is 0.286. The second kappa shape index (κ2) is 4.92. The quantitative estimate of drug-likeness (QED) is 0.828. The molecule has 0 bridgehead atoms. The number of fused-ring (bicyclic) bond motifs is 1. The molecule has 1 aromatic heterocycles. The Morgan fingerprint density at radius 2 is 2.17 bits per heavy atom. The highest BCUT2D eigenvalue weighted by Crippen LogP contribution is 2.32. The Morgan fingerprint density at radius 3 is 2.83 bits per heavy atom. The Bertz CT molecular complexity index is 619. The summed E-state index contributed by atoms with van der Waals surface area (Å²) in [6.45, 7) is 3.57. The van der Waals surface area contributed by atoms with Crippen molar-refractivity contribution in [1.82, 2.24) is 0 Å². The van der Waals surface area contributed by atoms with Crippen LogP contribution in [-0.2, 0) is 4.79 Å². The molecule has 4 heteroatoms. The lowest BCUT2D eigenvalue weighted by molar-refractivity contribution is -0.123. The Balaban J connectivity index is 2.32. The summed E-state index contributed by atoms with van der Waals surface area (Å²) in [4.78, 5) is 11.5. The van der Waals surface area contributed by atoms with E-state index in [2.05, 4.69) is 0 Å². The summed E-state index contributed by atoms with van der Waals surface area (Å²) in [6.07, 6.45) is 0. The molecule has 18 heavy (non-hydrogen) atoms. The van der Waals surface area contributed by atoms with Gasteiger partial charge in [-0.3, -0.25) is 4.79 Å². The van der Waals surface area contributed by atoms with Gasteiger partial charge < -0.3 is 9.15 Å². The lowest BCUT2D eigenvalue weighted by atomic mass is 10.1. The topological polar surface area (TPSA) is 63.2 Å². The monoisotopic (exact) mass is 243 g/mol. The zero-order valence-corrected chi connectivity index (χ0v) is 10.3. The average Bonchev–Trinajstić information content (AvgIpc) is 2.73. The second-order valence-electron chi connectivity index (χ2n) is 4.28. The minimum absolute atomic E-state index is 0.0100. The molecule has 92 valence electrons. The maximum Gasteiger partial charge on any atom is 0.246 e. The van der Waals surface area contributed by atoms with Crippen LogP contribution in [0.1, 0.15) is 19.6 Å². The van der Waals surface area contributed by atoms with Crippen LogP contribution in [0.15, 0.2) is 28.7 Å². The van der Waals surface area contributed by atoms with Gasteiger partial charge in [-0.15, -0.1) is 0 Å². The SMILES string of the molecule is CC(C)C(=O)COc1c(C#N)oc2ccccc12. The molecule has 0 N–H and O–H groups in total. The molecule has 2 aromatic rings. The zero-order valence-electron chi connectivity index (χ0n) is 10.3. The van der Waals surface area contributed by atoms with E-state index < -0.39 is 0 Å². The highest BCUT2D eigenvalue weighted by atomic mass is 16.5. The lowest BCUT2D eigenvalue weighted by Gasteiger charge is -2.05. The fourth-order valence-electron chi connectivity index (χ4n) is 1.55. The van der Waals surface area contributed by atoms with E-state index in [1.54, 1.807) is 12.1 Å². The Morgan fingerprint density at radius 1 is 1.44 bits per heavy atom. The summed E-state index contributed by atoms with van der Waals surface area (Å²) in [5.74, 6) is 0.354. The van der Waals surface area contributed by atoms with Gasteiger partial charge >= 0.3 is 0 Å². The van der Waals surface area contributed by atoms with E-state index >= 15 is 0 Å². The third-order valence-corrected chi connectivity index (χ3v) is 2.65. The van der Waals surface area contributed by atoms with Crippen molar-refractivity contribution in [3.8, 4) is 11.8 Å². The van der Waals surface area contributed by atoms with Crippen LogP contribution in [0.25, 0.3) is 11.0 Å². The van der Waals surface area contributed by atoms with Crippen LogP contribution < -0.4 is 4.74 Å². The summed E-state index contributed by atoms with van der Waals surface area (Å²) >= 11 is 0. The van der Waals surface area contributed by atoms with Crippen molar-refractivity contribution in [3.05, 3.63) is 30.0 Å². The number of hydrogen-bond acceptors (Lipinski definition) is 4. The lowest BCUT2D eigenvalue weighted by Crippen LogP contribution is -2.16. The first kappa shape index (κ1) is 12.2. The number of benzene rings is 1. The largest absolute Gasteiger partial charge is 0.480 e. The molecular formula is C14H13NO3. The molecule has 1 heterocycles. The number of Topliss-reactive ketones (excluding diaryl/α,β-unsaturated/α-hetero) is 1. The summed E-state index contributed by atoms with van der Waals surface area (Å²) in [6, 6.07) is 9.14. The number of ketones is 1. The van der Waals surface area contributed by atoms with Crippen LogP contribution >= 0.6 is 0 Å². The van der Waals surface area contributed by atoms with Gasteiger partial charge in [0.05, 0.1) is 5.39 Å². The van der Waals surface area contributed by atoms with Crippen molar-refractivity contribution in [2.24, 2.45) is 5.92 Å². The number of carbonyl (C=O) groups excluding carboxylic acids is 1. The molecule has 1 aromatic carbocycles. The van der Waals surface area contributed by atoms with Crippen molar-refractivity contribution in [3.63, 3.8) is 0 Å². The van der Waals surface area contributed by atoms with Crippen LogP contribution in [-0.4, -0.2) is 12.4 Å². The van der Waals surface area contributed by atoms with Gasteiger partial charge in [-0.2, -0.15) is 5.26 Å². The molecule has 0 unspecified atom stereocenters. The van der Waals surface area contributed by atoms with Crippen LogP contribution in [0.5, 0.6) is 5.75 Å². The number of rotatable bonds is 4. The van der Waals surface area contributed by atoms with E-state index in [0.717, 1.165) is 0 Å². The maximum atomic E-state index is 11.5. The molecule has 0 fully saturated rings. The average molecular weight is 243 g/mol. The normalized spacial score (nSPS) is 10.6. The highest BCUT2D eigenvalue weighted by Gasteiger charge is 2.17. The minimum Gasteiger partial charge on any atom is -0.480 e. The van der Waals surface area contributed by atoms with E-state index in [0.29, 0.717) is 16.7 Å². The molecule has 0 aliphatic heterocycles. The summed E-state index contributed by atoms with van der Waals surface area (Å²) < 4.78 is 10.8. The van der Waals surface area contributed by atoms with Crippen molar-refractivity contribution >= 4 is 16.8 Å². The standard InChI is InChI=1S/C14H13NO3/c1-9(2)11(16)8-17-14-10-5-3-4-6-12(10)18-13(14)7-15/h3-6,9H,8H2,1-2H3. The van der Waals surface area contributed by atoms with Crippen LogP contribution in [0.4, 0.5) is 0 Å². The van der Waals surface area contributed by atoms with Gasteiger partial charge in [-0.1, -0.05) is 26.0 Å². The van der Waals surface area contributed by atoms with Gasteiger partial charge in [0, 0.05) is 5.92 Å². The number of para-hydroxylation sites is 1. The molecule has 0 aliphatic rings. The van der Waals surface area contributed by atoms with Gasteiger partial charge in [-0.25, -0.2) is 0 Å². The Kier molecular flexibility index (Phi) is 3.33. The molecule has 0 amide bonds. The van der Waals surface area contributed by atoms with Gasteiger partial charge in [0.25, 0.3) is 0 Å². The maximum absolute atomic E-state index is 11.5. The third-order valence-electron chi connectivity index (χ3n) is 2.65.